The highest BCUT2D eigenvalue weighted by atomic mass is 16.5. The summed E-state index contributed by atoms with van der Waals surface area (Å²) >= 11 is 0. The van der Waals surface area contributed by atoms with Gasteiger partial charge in [-0.2, -0.15) is 0 Å². The molecule has 0 unspecified atom stereocenters. The number of hydrogen-bond acceptors (Lipinski definition) is 2. The van der Waals surface area contributed by atoms with Crippen LogP contribution in [0.15, 0.2) is 158 Å². The van der Waals surface area contributed by atoms with Crippen molar-refractivity contribution in [2.24, 2.45) is 0 Å². The number of benzene rings is 10. The van der Waals surface area contributed by atoms with Gasteiger partial charge < -0.3 is 9.47 Å². The molecule has 0 N–H and O–H groups in total. The number of hydrogen-bond donors (Lipinski definition) is 0. The van der Waals surface area contributed by atoms with Gasteiger partial charge in [-0.05, 0) is 131 Å². The Morgan fingerprint density at radius 3 is 1.60 bits per heavy atom. The van der Waals surface area contributed by atoms with Gasteiger partial charge in [0.2, 0.25) is 0 Å². The first-order valence-corrected chi connectivity index (χ1v) is 17.2. The van der Waals surface area contributed by atoms with Gasteiger partial charge >= 0.3 is 0 Å². The van der Waals surface area contributed by atoms with Crippen LogP contribution in [0.1, 0.15) is 0 Å². The fourth-order valence-electron chi connectivity index (χ4n) is 8.74. The lowest BCUT2D eigenvalue weighted by molar-refractivity contribution is 0.487. The first-order chi connectivity index (χ1) is 24.7. The molecule has 12 rings (SSSR count). The number of rotatable bonds is 2. The Hall–Kier alpha value is -6.64. The van der Waals surface area contributed by atoms with Gasteiger partial charge in [-0.15, -0.1) is 0 Å². The third kappa shape index (κ3) is 3.52. The van der Waals surface area contributed by atoms with Gasteiger partial charge in [0, 0.05) is 21.9 Å². The first-order valence-electron chi connectivity index (χ1n) is 17.2. The highest BCUT2D eigenvalue weighted by molar-refractivity contribution is 6.25. The Kier molecular flexibility index (Phi) is 5.00. The van der Waals surface area contributed by atoms with Crippen molar-refractivity contribution in [3.63, 3.8) is 0 Å². The van der Waals surface area contributed by atoms with Gasteiger partial charge in [0.15, 0.2) is 0 Å². The van der Waals surface area contributed by atoms with Crippen molar-refractivity contribution >= 4 is 53.9 Å². The van der Waals surface area contributed by atoms with Gasteiger partial charge in [0.1, 0.15) is 23.0 Å². The zero-order valence-electron chi connectivity index (χ0n) is 26.8. The summed E-state index contributed by atoms with van der Waals surface area (Å²) < 4.78 is 12.9. The van der Waals surface area contributed by atoms with E-state index in [-0.39, 0.29) is 0 Å². The minimum absolute atomic E-state index is 0.903. The molecule has 0 saturated heterocycles. The second kappa shape index (κ2) is 9.49. The predicted molar refractivity (Wildman–Crippen MR) is 207 cm³/mol. The van der Waals surface area contributed by atoms with Crippen LogP contribution in [-0.2, 0) is 0 Å². The summed E-state index contributed by atoms with van der Waals surface area (Å²) in [6.07, 6.45) is 0. The summed E-state index contributed by atoms with van der Waals surface area (Å²) in [6.45, 7) is 0. The van der Waals surface area contributed by atoms with Crippen molar-refractivity contribution in [1.29, 1.82) is 0 Å². The van der Waals surface area contributed by atoms with Crippen LogP contribution in [0.3, 0.4) is 0 Å². The summed E-state index contributed by atoms with van der Waals surface area (Å²) in [5, 5.41) is 12.4. The maximum atomic E-state index is 6.51. The van der Waals surface area contributed by atoms with Crippen molar-refractivity contribution in [3.05, 3.63) is 158 Å². The van der Waals surface area contributed by atoms with E-state index in [4.69, 9.17) is 9.47 Å². The average Bonchev–Trinajstić information content (AvgIpc) is 3.17. The van der Waals surface area contributed by atoms with E-state index in [1.54, 1.807) is 0 Å². The second-order valence-corrected chi connectivity index (χ2v) is 13.6. The molecule has 2 heterocycles. The minimum Gasteiger partial charge on any atom is -0.456 e. The molecule has 0 saturated carbocycles. The topological polar surface area (TPSA) is 18.5 Å². The summed E-state index contributed by atoms with van der Waals surface area (Å²) in [4.78, 5) is 0. The SMILES string of the molecule is c1ccc2c(c1)Oc1ccc(-c3cc4ccc5cc(-c6ccc7c(c6)Oc6cccc8cccc-7c68)cc6ccc(c3)c4c56)c3cccc-2c13. The summed E-state index contributed by atoms with van der Waals surface area (Å²) in [5.41, 5.74) is 9.50. The van der Waals surface area contributed by atoms with E-state index in [9.17, 15) is 0 Å². The molecule has 0 atom stereocenters. The smallest absolute Gasteiger partial charge is 0.135 e. The fourth-order valence-corrected chi connectivity index (χ4v) is 8.74. The van der Waals surface area contributed by atoms with Crippen LogP contribution in [0, 0.1) is 0 Å². The molecule has 230 valence electrons. The van der Waals surface area contributed by atoms with Gasteiger partial charge in [0.05, 0.1) is 0 Å². The summed E-state index contributed by atoms with van der Waals surface area (Å²) in [7, 11) is 0. The molecule has 10 aromatic carbocycles. The van der Waals surface area contributed by atoms with Crippen molar-refractivity contribution in [1.82, 2.24) is 0 Å². The van der Waals surface area contributed by atoms with E-state index < -0.39 is 0 Å². The Morgan fingerprint density at radius 2 is 0.820 bits per heavy atom. The Labute approximate surface area is 287 Å². The molecule has 0 aromatic heterocycles. The number of ether oxygens (including phenoxy) is 2. The maximum absolute atomic E-state index is 6.51. The summed E-state index contributed by atoms with van der Waals surface area (Å²) in [5.74, 6) is 3.65. The summed E-state index contributed by atoms with van der Waals surface area (Å²) in [6, 6.07) is 57.2. The molecule has 0 aliphatic carbocycles. The van der Waals surface area contributed by atoms with E-state index in [1.807, 2.05) is 12.1 Å². The molecule has 2 aliphatic heterocycles. The molecule has 0 fully saturated rings. The Bertz CT molecular complexity index is 3020. The lowest BCUT2D eigenvalue weighted by Crippen LogP contribution is -1.97. The molecule has 0 radical (unpaired) electrons. The molecule has 0 bridgehead atoms. The van der Waals surface area contributed by atoms with E-state index in [0.717, 1.165) is 39.7 Å². The third-order valence-corrected chi connectivity index (χ3v) is 10.9. The van der Waals surface area contributed by atoms with Crippen LogP contribution in [0.25, 0.3) is 98.4 Å². The highest BCUT2D eigenvalue weighted by Crippen LogP contribution is 2.50. The van der Waals surface area contributed by atoms with Crippen molar-refractivity contribution < 1.29 is 9.47 Å². The highest BCUT2D eigenvalue weighted by Gasteiger charge is 2.23. The molecule has 50 heavy (non-hydrogen) atoms. The number of fused-ring (bicyclic) bond motifs is 4. The Balaban J connectivity index is 0.991. The Morgan fingerprint density at radius 1 is 0.260 bits per heavy atom. The van der Waals surface area contributed by atoms with E-state index in [2.05, 4.69) is 146 Å². The van der Waals surface area contributed by atoms with E-state index in [0.29, 0.717) is 0 Å². The molecular formula is C48H26O2. The van der Waals surface area contributed by atoms with Crippen LogP contribution in [0.5, 0.6) is 23.0 Å². The predicted octanol–water partition coefficient (Wildman–Crippen LogP) is 13.8. The van der Waals surface area contributed by atoms with Gasteiger partial charge in [-0.3, -0.25) is 0 Å². The standard InChI is InChI=1S/C48H26O2/c1-2-12-41-36(8-1)40-11-5-10-38-35(20-21-43(49-41)48(38)40)34-24-31-16-14-29-22-33(23-30-15-17-32(25-34)46(31)45(29)30)28-18-19-37-39-9-3-6-27-7-4-13-42(47(27)39)50-44(37)26-28/h1-26H. The largest absolute Gasteiger partial charge is 0.456 e. The molecule has 2 aliphatic rings. The van der Waals surface area contributed by atoms with Crippen LogP contribution < -0.4 is 9.47 Å². The van der Waals surface area contributed by atoms with Crippen LogP contribution >= 0.6 is 0 Å². The lowest BCUT2D eigenvalue weighted by Gasteiger charge is -2.23. The molecular weight excluding hydrogens is 609 g/mol. The van der Waals surface area contributed by atoms with Crippen molar-refractivity contribution in [2.45, 2.75) is 0 Å². The van der Waals surface area contributed by atoms with Crippen LogP contribution in [0.4, 0.5) is 0 Å². The van der Waals surface area contributed by atoms with Gasteiger partial charge in [-0.25, -0.2) is 0 Å². The van der Waals surface area contributed by atoms with Crippen molar-refractivity contribution in [3.8, 4) is 67.5 Å². The van der Waals surface area contributed by atoms with Crippen LogP contribution in [0.2, 0.25) is 0 Å². The van der Waals surface area contributed by atoms with Crippen LogP contribution in [-0.4, -0.2) is 0 Å². The molecule has 10 aromatic rings. The molecule has 0 amide bonds. The van der Waals surface area contributed by atoms with Crippen molar-refractivity contribution in [2.75, 3.05) is 0 Å². The zero-order valence-corrected chi connectivity index (χ0v) is 26.8. The maximum Gasteiger partial charge on any atom is 0.135 e. The van der Waals surface area contributed by atoms with E-state index >= 15 is 0 Å². The third-order valence-electron chi connectivity index (χ3n) is 10.9. The zero-order chi connectivity index (χ0) is 32.5. The molecule has 2 nitrogen and oxygen atoms in total. The van der Waals surface area contributed by atoms with Gasteiger partial charge in [0.25, 0.3) is 0 Å². The number of para-hydroxylation sites is 1. The fraction of sp³-hybridized carbons (Fsp3) is 0. The van der Waals surface area contributed by atoms with E-state index in [1.165, 1.54) is 81.7 Å². The average molecular weight is 635 g/mol. The second-order valence-electron chi connectivity index (χ2n) is 13.6. The monoisotopic (exact) mass is 634 g/mol. The minimum atomic E-state index is 0.903. The van der Waals surface area contributed by atoms with Gasteiger partial charge in [-0.1, -0.05) is 103 Å². The molecule has 2 heteroatoms. The lowest BCUT2D eigenvalue weighted by atomic mass is 9.87. The quantitative estimate of drug-likeness (QED) is 0.176. The first kappa shape index (κ1) is 26.3. The molecule has 0 spiro atoms. The normalized spacial score (nSPS) is 12.7.